The Balaban J connectivity index is 2.33. The topological polar surface area (TPSA) is 93.1 Å². The number of ketones is 1. The number of fused-ring (bicyclic) bond motifs is 1. The fourth-order valence-corrected chi connectivity index (χ4v) is 3.77. The molecule has 0 heterocycles. The summed E-state index contributed by atoms with van der Waals surface area (Å²) in [6.45, 7) is 2.12. The summed E-state index contributed by atoms with van der Waals surface area (Å²) < 4.78 is 92.4. The van der Waals surface area contributed by atoms with Crippen LogP contribution in [0, 0.1) is 0 Å². The number of esters is 1. The molecule has 0 radical (unpaired) electrons. The van der Waals surface area contributed by atoms with Crippen LogP contribution in [0.15, 0.2) is 48.5 Å². The van der Waals surface area contributed by atoms with Crippen molar-refractivity contribution in [1.29, 1.82) is 0 Å². The molecule has 0 saturated carbocycles. The zero-order valence-electron chi connectivity index (χ0n) is 20.4. The molecule has 0 saturated heterocycles. The molecule has 0 fully saturated rings. The Morgan fingerprint density at radius 2 is 1.18 bits per heavy atom. The Morgan fingerprint density at radius 3 is 1.63 bits per heavy atom. The van der Waals surface area contributed by atoms with Crippen molar-refractivity contribution in [2.75, 3.05) is 7.11 Å². The zero-order chi connectivity index (χ0) is 28.8. The van der Waals surface area contributed by atoms with Crippen LogP contribution in [-0.2, 0) is 11.2 Å². The quantitative estimate of drug-likeness (QED) is 0.176. The maximum absolute atomic E-state index is 13.8. The third kappa shape index (κ3) is 4.93. The van der Waals surface area contributed by atoms with Crippen molar-refractivity contribution in [3.8, 4) is 11.5 Å². The largest absolute Gasteiger partial charge is 0.496 e. The zero-order valence-corrected chi connectivity index (χ0v) is 20.4. The highest BCUT2D eigenvalue weighted by Crippen LogP contribution is 2.49. The van der Waals surface area contributed by atoms with Gasteiger partial charge in [-0.1, -0.05) is 24.3 Å². The Kier molecular flexibility index (Phi) is 7.30. The van der Waals surface area contributed by atoms with E-state index in [0.29, 0.717) is 13.8 Å². The Labute approximate surface area is 212 Å². The van der Waals surface area contributed by atoms with Crippen molar-refractivity contribution < 1.29 is 55.6 Å². The van der Waals surface area contributed by atoms with Gasteiger partial charge in [0.1, 0.15) is 11.5 Å². The Morgan fingerprint density at radius 1 is 0.737 bits per heavy atom. The fraction of sp³-hybridized carbons (Fsp3) is 0.308. The van der Waals surface area contributed by atoms with E-state index < -0.39 is 57.9 Å². The number of Topliss-reactive ketones (excluding diaryl/α,β-unsaturated/α-hetero) is 1. The maximum Gasteiger partial charge on any atom is 0.421 e. The second kappa shape index (κ2) is 9.59. The van der Waals surface area contributed by atoms with E-state index in [1.807, 2.05) is 0 Å². The van der Waals surface area contributed by atoms with Gasteiger partial charge in [0.25, 0.3) is 0 Å². The van der Waals surface area contributed by atoms with Crippen molar-refractivity contribution in [3.63, 3.8) is 0 Å². The molecule has 0 aliphatic rings. The first-order chi connectivity index (χ1) is 17.3. The van der Waals surface area contributed by atoms with Gasteiger partial charge in [-0.05, 0) is 45.0 Å². The highest BCUT2D eigenvalue weighted by molar-refractivity contribution is 6.01. The molecule has 12 heteroatoms. The molecule has 0 spiro atoms. The second-order valence-electron chi connectivity index (χ2n) is 8.85. The summed E-state index contributed by atoms with van der Waals surface area (Å²) in [6.07, 6.45) is -10.4. The molecule has 0 aromatic heterocycles. The van der Waals surface area contributed by atoms with Gasteiger partial charge in [-0.25, -0.2) is 4.79 Å². The lowest BCUT2D eigenvalue weighted by Crippen LogP contribution is -2.40. The first-order valence-electron chi connectivity index (χ1n) is 10.9. The van der Waals surface area contributed by atoms with Gasteiger partial charge in [-0.3, -0.25) is 4.79 Å². The minimum atomic E-state index is -5.25. The second-order valence-corrected chi connectivity index (χ2v) is 8.85. The third-order valence-electron chi connectivity index (χ3n) is 6.16. The number of methoxy groups -OCH3 is 1. The molecule has 204 valence electrons. The average Bonchev–Trinajstić information content (AvgIpc) is 2.81. The van der Waals surface area contributed by atoms with Gasteiger partial charge in [0.2, 0.25) is 0 Å². The number of carbonyl (C=O) groups excluding carboxylic acids is 2. The first-order valence-corrected chi connectivity index (χ1v) is 10.9. The first kappa shape index (κ1) is 28.9. The summed E-state index contributed by atoms with van der Waals surface area (Å²) in [5, 5.41) is 20.1. The number of benzene rings is 3. The monoisotopic (exact) mass is 544 g/mol. The van der Waals surface area contributed by atoms with E-state index in [0.717, 1.165) is 37.4 Å². The van der Waals surface area contributed by atoms with Gasteiger partial charge >= 0.3 is 18.3 Å². The average molecular weight is 544 g/mol. The van der Waals surface area contributed by atoms with Crippen molar-refractivity contribution in [2.24, 2.45) is 0 Å². The SMILES string of the molecule is COc1c(C(C)(O)C(F)(F)F)ccc2c(OC(=O)c3cccc(C(C)=O)c3)c(C(C)(O)C(F)(F)F)ccc12. The van der Waals surface area contributed by atoms with E-state index in [1.165, 1.54) is 25.1 Å². The van der Waals surface area contributed by atoms with Crippen LogP contribution < -0.4 is 9.47 Å². The lowest BCUT2D eigenvalue weighted by atomic mass is 9.88. The highest BCUT2D eigenvalue weighted by Gasteiger charge is 2.54. The van der Waals surface area contributed by atoms with E-state index in [1.54, 1.807) is 0 Å². The molecule has 3 aromatic carbocycles. The minimum Gasteiger partial charge on any atom is -0.496 e. The van der Waals surface area contributed by atoms with E-state index in [9.17, 15) is 46.1 Å². The predicted molar refractivity (Wildman–Crippen MR) is 123 cm³/mol. The smallest absolute Gasteiger partial charge is 0.421 e. The lowest BCUT2D eigenvalue weighted by Gasteiger charge is -2.31. The number of carbonyl (C=O) groups is 2. The molecule has 6 nitrogen and oxygen atoms in total. The van der Waals surface area contributed by atoms with Crippen LogP contribution in [0.25, 0.3) is 10.8 Å². The Hall–Kier alpha value is -3.64. The summed E-state index contributed by atoms with van der Waals surface area (Å²) in [6, 6.07) is 8.50. The van der Waals surface area contributed by atoms with Crippen LogP contribution in [-0.4, -0.2) is 41.4 Å². The van der Waals surface area contributed by atoms with Crippen LogP contribution in [0.4, 0.5) is 26.3 Å². The molecule has 0 amide bonds. The fourth-order valence-electron chi connectivity index (χ4n) is 3.77. The normalized spacial score (nSPS) is 15.5. The number of ether oxygens (including phenoxy) is 2. The van der Waals surface area contributed by atoms with Crippen molar-refractivity contribution in [3.05, 3.63) is 70.8 Å². The molecule has 2 N–H and O–H groups in total. The summed E-state index contributed by atoms with van der Waals surface area (Å²) in [4.78, 5) is 24.6. The van der Waals surface area contributed by atoms with Gasteiger partial charge in [0.05, 0.1) is 12.7 Å². The predicted octanol–water partition coefficient (Wildman–Crippen LogP) is 5.81. The van der Waals surface area contributed by atoms with Gasteiger partial charge in [0.15, 0.2) is 17.0 Å². The van der Waals surface area contributed by atoms with Crippen LogP contribution in [0.2, 0.25) is 0 Å². The van der Waals surface area contributed by atoms with Crippen LogP contribution in [0.3, 0.4) is 0 Å². The third-order valence-corrected chi connectivity index (χ3v) is 6.16. The number of hydrogen-bond donors (Lipinski definition) is 2. The van der Waals surface area contributed by atoms with Gasteiger partial charge in [0, 0.05) is 27.5 Å². The summed E-state index contributed by atoms with van der Waals surface area (Å²) in [5.74, 6) is -2.96. The number of halogens is 6. The van der Waals surface area contributed by atoms with Crippen molar-refractivity contribution in [2.45, 2.75) is 44.3 Å². The summed E-state index contributed by atoms with van der Waals surface area (Å²) in [5.41, 5.74) is -8.72. The van der Waals surface area contributed by atoms with Gasteiger partial charge in [-0.15, -0.1) is 0 Å². The molecular formula is C26H22F6O6. The molecule has 2 atom stereocenters. The molecule has 0 aliphatic carbocycles. The number of hydrogen-bond acceptors (Lipinski definition) is 6. The van der Waals surface area contributed by atoms with E-state index in [-0.39, 0.29) is 21.9 Å². The van der Waals surface area contributed by atoms with Crippen LogP contribution in [0.5, 0.6) is 11.5 Å². The Bertz CT molecular complexity index is 1410. The van der Waals surface area contributed by atoms with Crippen LogP contribution in [0.1, 0.15) is 52.6 Å². The molecule has 3 rings (SSSR count). The maximum atomic E-state index is 13.8. The van der Waals surface area contributed by atoms with Gasteiger partial charge in [-0.2, -0.15) is 26.3 Å². The highest BCUT2D eigenvalue weighted by atomic mass is 19.4. The van der Waals surface area contributed by atoms with Crippen molar-refractivity contribution >= 4 is 22.5 Å². The van der Waals surface area contributed by atoms with E-state index in [4.69, 9.17) is 9.47 Å². The lowest BCUT2D eigenvalue weighted by molar-refractivity contribution is -0.259. The molecule has 3 aromatic rings. The van der Waals surface area contributed by atoms with E-state index in [2.05, 4.69) is 0 Å². The standard InChI is InChI=1S/C26H22F6O6/c1-13(33)14-6-5-7-15(12-14)22(34)38-21-17-9-10-18(23(2,35)25(27,28)29)20(37-4)16(17)8-11-19(21)24(3,36)26(30,31)32/h5-12,35-36H,1-4H3. The number of rotatable bonds is 6. The number of alkyl halides is 6. The van der Waals surface area contributed by atoms with E-state index >= 15 is 0 Å². The summed E-state index contributed by atoms with van der Waals surface area (Å²) >= 11 is 0. The molecular weight excluding hydrogens is 522 g/mol. The molecule has 2 unspecified atom stereocenters. The van der Waals surface area contributed by atoms with Crippen molar-refractivity contribution in [1.82, 2.24) is 0 Å². The summed E-state index contributed by atoms with van der Waals surface area (Å²) in [7, 11) is 0.990. The number of aliphatic hydroxyl groups is 2. The van der Waals surface area contributed by atoms with Gasteiger partial charge < -0.3 is 19.7 Å². The van der Waals surface area contributed by atoms with Crippen LogP contribution >= 0.6 is 0 Å². The molecule has 0 bridgehead atoms. The molecule has 0 aliphatic heterocycles. The minimum absolute atomic E-state index is 0.112. The molecule has 38 heavy (non-hydrogen) atoms.